The Labute approximate surface area is 63.2 Å². The molecule has 0 aliphatic rings. The molecule has 0 aromatic heterocycles. The number of nitrogens with one attached hydrogen (secondary N) is 1. The molecule has 11 heavy (non-hydrogen) atoms. The molecular weight excluding hydrogens is 150 g/mol. The predicted octanol–water partition coefficient (Wildman–Crippen LogP) is -2.82. The molecule has 0 fully saturated rings. The number of rotatable bonds is 3. The van der Waals surface area contributed by atoms with E-state index in [1.165, 1.54) is 0 Å². The summed E-state index contributed by atoms with van der Waals surface area (Å²) in [5, 5.41) is 8.28. The van der Waals surface area contributed by atoms with Gasteiger partial charge in [-0.2, -0.15) is 0 Å². The van der Waals surface area contributed by atoms with Crippen LogP contribution in [0.4, 0.5) is 0 Å². The molecule has 7 heteroatoms. The molecule has 0 saturated carbocycles. The van der Waals surface area contributed by atoms with Crippen molar-refractivity contribution < 1.29 is 9.90 Å². The molecular formula is C4H11N5O2. The van der Waals surface area contributed by atoms with Gasteiger partial charge in [0.15, 0.2) is 0 Å². The Kier molecular flexibility index (Phi) is 3.93. The van der Waals surface area contributed by atoms with Crippen molar-refractivity contribution in [3.8, 4) is 0 Å². The number of aliphatic imine (C=N–C) groups is 1. The van der Waals surface area contributed by atoms with Crippen LogP contribution in [-0.4, -0.2) is 29.6 Å². The Morgan fingerprint density at radius 2 is 2.27 bits per heavy atom. The first-order chi connectivity index (χ1) is 5.07. The Morgan fingerprint density at radius 1 is 1.73 bits per heavy atom. The standard InChI is InChI=1S/C4H11N5O2/c5-2(3(10)11)1-8-4(6)9-7/h2H,1,5,7H2,(H,10,11)(H3,6,8,9). The molecule has 7 nitrogen and oxygen atoms in total. The van der Waals surface area contributed by atoms with Gasteiger partial charge in [-0.25, -0.2) is 5.84 Å². The maximum absolute atomic E-state index is 10.1. The number of carbonyl (C=O) groups is 1. The van der Waals surface area contributed by atoms with Crippen LogP contribution in [0, 0.1) is 0 Å². The molecule has 8 N–H and O–H groups in total. The minimum atomic E-state index is -1.13. The van der Waals surface area contributed by atoms with E-state index in [4.69, 9.17) is 22.4 Å². The van der Waals surface area contributed by atoms with Gasteiger partial charge < -0.3 is 16.6 Å². The summed E-state index contributed by atoms with van der Waals surface area (Å²) in [6, 6.07) is -1.04. The number of nitrogens with two attached hydrogens (primary N) is 3. The van der Waals surface area contributed by atoms with Crippen molar-refractivity contribution in [1.82, 2.24) is 5.43 Å². The lowest BCUT2D eigenvalue weighted by atomic mass is 10.3. The zero-order valence-corrected chi connectivity index (χ0v) is 5.82. The van der Waals surface area contributed by atoms with Crippen LogP contribution in [0.5, 0.6) is 0 Å². The van der Waals surface area contributed by atoms with Gasteiger partial charge >= 0.3 is 5.97 Å². The second-order valence-corrected chi connectivity index (χ2v) is 1.81. The lowest BCUT2D eigenvalue weighted by Gasteiger charge is -2.02. The molecule has 0 aliphatic heterocycles. The fourth-order valence-corrected chi connectivity index (χ4v) is 0.320. The van der Waals surface area contributed by atoms with Gasteiger partial charge in [-0.05, 0) is 0 Å². The fourth-order valence-electron chi connectivity index (χ4n) is 0.320. The largest absolute Gasteiger partial charge is 0.480 e. The second kappa shape index (κ2) is 4.47. The van der Waals surface area contributed by atoms with Crippen molar-refractivity contribution >= 4 is 11.9 Å². The van der Waals surface area contributed by atoms with E-state index < -0.39 is 12.0 Å². The van der Waals surface area contributed by atoms with Crippen molar-refractivity contribution in [2.45, 2.75) is 6.04 Å². The van der Waals surface area contributed by atoms with Gasteiger partial charge in [0.05, 0.1) is 6.54 Å². The predicted molar refractivity (Wildman–Crippen MR) is 39.4 cm³/mol. The molecule has 64 valence electrons. The molecule has 0 spiro atoms. The smallest absolute Gasteiger partial charge is 0.322 e. The average molecular weight is 161 g/mol. The lowest BCUT2D eigenvalue weighted by molar-refractivity contribution is -0.138. The summed E-state index contributed by atoms with van der Waals surface area (Å²) in [6.45, 7) is -0.0919. The third-order valence-electron chi connectivity index (χ3n) is 0.923. The van der Waals surface area contributed by atoms with Gasteiger partial charge in [-0.1, -0.05) is 0 Å². The molecule has 0 amide bonds. The van der Waals surface area contributed by atoms with E-state index in [1.54, 1.807) is 0 Å². The third kappa shape index (κ3) is 4.12. The minimum Gasteiger partial charge on any atom is -0.480 e. The Morgan fingerprint density at radius 3 is 2.64 bits per heavy atom. The molecule has 1 atom stereocenters. The Balaban J connectivity index is 3.78. The van der Waals surface area contributed by atoms with Crippen LogP contribution in [0.2, 0.25) is 0 Å². The number of hydrazine groups is 1. The molecule has 0 bridgehead atoms. The van der Waals surface area contributed by atoms with Crippen LogP contribution >= 0.6 is 0 Å². The molecule has 0 heterocycles. The monoisotopic (exact) mass is 161 g/mol. The van der Waals surface area contributed by atoms with E-state index in [1.807, 2.05) is 5.43 Å². The molecule has 0 aromatic rings. The first kappa shape index (κ1) is 9.66. The van der Waals surface area contributed by atoms with Crippen LogP contribution < -0.4 is 22.7 Å². The van der Waals surface area contributed by atoms with Crippen LogP contribution in [0.15, 0.2) is 4.99 Å². The van der Waals surface area contributed by atoms with Gasteiger partial charge in [0.2, 0.25) is 5.96 Å². The van der Waals surface area contributed by atoms with E-state index >= 15 is 0 Å². The highest BCUT2D eigenvalue weighted by molar-refractivity contribution is 5.78. The average Bonchev–Trinajstić information content (AvgIpc) is 1.99. The van der Waals surface area contributed by atoms with E-state index in [0.717, 1.165) is 0 Å². The van der Waals surface area contributed by atoms with Gasteiger partial charge in [0.25, 0.3) is 0 Å². The molecule has 0 radical (unpaired) electrons. The molecule has 1 unspecified atom stereocenters. The summed E-state index contributed by atoms with van der Waals surface area (Å²) < 4.78 is 0. The normalized spacial score (nSPS) is 14.2. The maximum Gasteiger partial charge on any atom is 0.322 e. The Bertz CT molecular complexity index is 168. The zero-order chi connectivity index (χ0) is 8.85. The quantitative estimate of drug-likeness (QED) is 0.131. The second-order valence-electron chi connectivity index (χ2n) is 1.81. The van der Waals surface area contributed by atoms with E-state index in [0.29, 0.717) is 0 Å². The highest BCUT2D eigenvalue weighted by Crippen LogP contribution is 1.79. The van der Waals surface area contributed by atoms with Gasteiger partial charge in [-0.15, -0.1) is 0 Å². The van der Waals surface area contributed by atoms with Gasteiger partial charge in [0.1, 0.15) is 6.04 Å². The van der Waals surface area contributed by atoms with E-state index in [9.17, 15) is 4.79 Å². The topological polar surface area (TPSA) is 140 Å². The SMILES string of the molecule is NNC(N)=NCC(N)C(=O)O. The van der Waals surface area contributed by atoms with Crippen molar-refractivity contribution in [1.29, 1.82) is 0 Å². The number of carboxylic acids is 1. The van der Waals surface area contributed by atoms with E-state index in [2.05, 4.69) is 4.99 Å². The number of aliphatic carboxylic acids is 1. The van der Waals surface area contributed by atoms with Crippen molar-refractivity contribution in [2.24, 2.45) is 22.3 Å². The summed E-state index contributed by atoms with van der Waals surface area (Å²) in [5.41, 5.74) is 12.2. The van der Waals surface area contributed by atoms with E-state index in [-0.39, 0.29) is 12.5 Å². The van der Waals surface area contributed by atoms with Gasteiger partial charge in [-0.3, -0.25) is 15.2 Å². The number of hydrogen-bond donors (Lipinski definition) is 5. The number of hydrogen-bond acceptors (Lipinski definition) is 4. The lowest BCUT2D eigenvalue weighted by Crippen LogP contribution is -2.39. The first-order valence-corrected chi connectivity index (χ1v) is 2.83. The first-order valence-electron chi connectivity index (χ1n) is 2.83. The number of nitrogens with zero attached hydrogens (tertiary/aromatic N) is 1. The summed E-state index contributed by atoms with van der Waals surface area (Å²) in [4.78, 5) is 13.6. The van der Waals surface area contributed by atoms with Crippen LogP contribution in [-0.2, 0) is 4.79 Å². The number of carboxylic acid groups (broad SMARTS) is 1. The molecule has 0 rings (SSSR count). The molecule has 0 aromatic carbocycles. The van der Waals surface area contributed by atoms with Crippen LogP contribution in [0.1, 0.15) is 0 Å². The molecule has 0 aliphatic carbocycles. The number of guanidine groups is 1. The summed E-state index contributed by atoms with van der Waals surface area (Å²) in [5.74, 6) is 3.67. The van der Waals surface area contributed by atoms with Gasteiger partial charge in [0, 0.05) is 0 Å². The zero-order valence-electron chi connectivity index (χ0n) is 5.82. The van der Waals surface area contributed by atoms with Crippen LogP contribution in [0.3, 0.4) is 0 Å². The van der Waals surface area contributed by atoms with Crippen molar-refractivity contribution in [3.63, 3.8) is 0 Å². The maximum atomic E-state index is 10.1. The summed E-state index contributed by atoms with van der Waals surface area (Å²) in [6.07, 6.45) is 0. The Hall–Kier alpha value is -1.34. The third-order valence-corrected chi connectivity index (χ3v) is 0.923. The molecule has 0 saturated heterocycles. The highest BCUT2D eigenvalue weighted by Gasteiger charge is 2.09. The van der Waals surface area contributed by atoms with Crippen molar-refractivity contribution in [3.05, 3.63) is 0 Å². The summed E-state index contributed by atoms with van der Waals surface area (Å²) >= 11 is 0. The van der Waals surface area contributed by atoms with Crippen LogP contribution in [0.25, 0.3) is 0 Å². The minimum absolute atomic E-state index is 0.0401. The van der Waals surface area contributed by atoms with Crippen molar-refractivity contribution in [2.75, 3.05) is 6.54 Å². The highest BCUT2D eigenvalue weighted by atomic mass is 16.4. The fraction of sp³-hybridized carbons (Fsp3) is 0.500. The summed E-state index contributed by atoms with van der Waals surface area (Å²) in [7, 11) is 0.